The second-order valence-corrected chi connectivity index (χ2v) is 5.48. The third kappa shape index (κ3) is 2.55. The van der Waals surface area contributed by atoms with Crippen molar-refractivity contribution in [2.75, 3.05) is 19.8 Å². The maximum Gasteiger partial charge on any atom is 0.195 e. The van der Waals surface area contributed by atoms with Crippen molar-refractivity contribution in [2.24, 2.45) is 5.73 Å². The van der Waals surface area contributed by atoms with Crippen molar-refractivity contribution in [1.82, 2.24) is 0 Å². The monoisotopic (exact) mass is 263 g/mol. The average Bonchev–Trinajstić information content (AvgIpc) is 2.84. The standard InChI is InChI=1S/C16H25NO2/c1-11-10-12(2)14(4)15(13(11)3)16(6-5-7-17)18-8-9-19-16/h10H,5-9,17H2,1-4H3. The zero-order valence-corrected chi connectivity index (χ0v) is 12.5. The van der Waals surface area contributed by atoms with Gasteiger partial charge in [0.2, 0.25) is 0 Å². The molecule has 0 unspecified atom stereocenters. The molecule has 0 radical (unpaired) electrons. The van der Waals surface area contributed by atoms with E-state index in [1.54, 1.807) is 0 Å². The first kappa shape index (κ1) is 14.5. The topological polar surface area (TPSA) is 44.5 Å². The van der Waals surface area contributed by atoms with Gasteiger partial charge in [-0.15, -0.1) is 0 Å². The van der Waals surface area contributed by atoms with Crippen LogP contribution in [0.4, 0.5) is 0 Å². The Kier molecular flexibility index (Phi) is 4.29. The van der Waals surface area contributed by atoms with Crippen LogP contribution in [0.3, 0.4) is 0 Å². The van der Waals surface area contributed by atoms with E-state index in [0.29, 0.717) is 19.8 Å². The van der Waals surface area contributed by atoms with Gasteiger partial charge in [-0.2, -0.15) is 0 Å². The van der Waals surface area contributed by atoms with E-state index in [-0.39, 0.29) is 0 Å². The van der Waals surface area contributed by atoms with Gasteiger partial charge >= 0.3 is 0 Å². The van der Waals surface area contributed by atoms with Crippen molar-refractivity contribution in [3.05, 3.63) is 33.9 Å². The highest BCUT2D eigenvalue weighted by atomic mass is 16.7. The van der Waals surface area contributed by atoms with Gasteiger partial charge in [-0.05, 0) is 62.9 Å². The fraction of sp³-hybridized carbons (Fsp3) is 0.625. The van der Waals surface area contributed by atoms with Crippen molar-refractivity contribution >= 4 is 0 Å². The molecule has 0 aliphatic carbocycles. The van der Waals surface area contributed by atoms with Crippen molar-refractivity contribution in [2.45, 2.75) is 46.3 Å². The molecule has 0 amide bonds. The molecule has 1 aliphatic heterocycles. The van der Waals surface area contributed by atoms with Crippen LogP contribution in [0.5, 0.6) is 0 Å². The third-order valence-electron chi connectivity index (χ3n) is 4.21. The minimum Gasteiger partial charge on any atom is -0.343 e. The lowest BCUT2D eigenvalue weighted by molar-refractivity contribution is -0.172. The summed E-state index contributed by atoms with van der Waals surface area (Å²) in [5.41, 5.74) is 12.0. The molecule has 1 aliphatic rings. The van der Waals surface area contributed by atoms with Gasteiger partial charge in [0.15, 0.2) is 5.79 Å². The first-order valence-electron chi connectivity index (χ1n) is 7.07. The number of ether oxygens (including phenoxy) is 2. The van der Waals surface area contributed by atoms with E-state index in [2.05, 4.69) is 33.8 Å². The molecule has 3 nitrogen and oxygen atoms in total. The molecule has 1 saturated heterocycles. The summed E-state index contributed by atoms with van der Waals surface area (Å²) in [6.07, 6.45) is 1.74. The molecule has 0 saturated carbocycles. The normalized spacial score (nSPS) is 17.9. The van der Waals surface area contributed by atoms with E-state index in [4.69, 9.17) is 15.2 Å². The predicted octanol–water partition coefficient (Wildman–Crippen LogP) is 2.86. The van der Waals surface area contributed by atoms with Gasteiger partial charge < -0.3 is 15.2 Å². The van der Waals surface area contributed by atoms with Crippen LogP contribution in [-0.4, -0.2) is 19.8 Å². The van der Waals surface area contributed by atoms with Crippen LogP contribution in [0.15, 0.2) is 6.07 Å². The van der Waals surface area contributed by atoms with E-state index >= 15 is 0 Å². The summed E-state index contributed by atoms with van der Waals surface area (Å²) < 4.78 is 12.0. The zero-order valence-electron chi connectivity index (χ0n) is 12.5. The number of aryl methyl sites for hydroxylation is 2. The highest BCUT2D eigenvalue weighted by molar-refractivity contribution is 5.46. The molecule has 1 aromatic carbocycles. The van der Waals surface area contributed by atoms with Gasteiger partial charge in [0.25, 0.3) is 0 Å². The SMILES string of the molecule is Cc1cc(C)c(C)c(C2(CCCN)OCCO2)c1C. The lowest BCUT2D eigenvalue weighted by Gasteiger charge is -2.32. The van der Waals surface area contributed by atoms with Gasteiger partial charge in [0.1, 0.15) is 0 Å². The smallest absolute Gasteiger partial charge is 0.195 e. The number of benzene rings is 1. The highest BCUT2D eigenvalue weighted by Crippen LogP contribution is 2.41. The fourth-order valence-electron chi connectivity index (χ4n) is 2.99. The van der Waals surface area contributed by atoms with Crippen molar-refractivity contribution < 1.29 is 9.47 Å². The van der Waals surface area contributed by atoms with Crippen LogP contribution in [0.25, 0.3) is 0 Å². The molecule has 3 heteroatoms. The molecule has 1 heterocycles. The summed E-state index contributed by atoms with van der Waals surface area (Å²) >= 11 is 0. The Balaban J connectivity index is 2.53. The Morgan fingerprint density at radius 2 is 1.58 bits per heavy atom. The maximum atomic E-state index is 6.02. The summed E-state index contributed by atoms with van der Waals surface area (Å²) in [5.74, 6) is -0.579. The molecule has 19 heavy (non-hydrogen) atoms. The number of hydrogen-bond donors (Lipinski definition) is 1. The predicted molar refractivity (Wildman–Crippen MR) is 77.3 cm³/mol. The minimum atomic E-state index is -0.579. The van der Waals surface area contributed by atoms with Gasteiger partial charge in [-0.25, -0.2) is 0 Å². The molecule has 0 aromatic heterocycles. The van der Waals surface area contributed by atoms with Gasteiger partial charge in [-0.3, -0.25) is 0 Å². The Morgan fingerprint density at radius 3 is 2.05 bits per heavy atom. The second kappa shape index (κ2) is 5.61. The molecule has 1 fully saturated rings. The first-order chi connectivity index (χ1) is 9.02. The summed E-state index contributed by atoms with van der Waals surface area (Å²) in [6, 6.07) is 2.24. The van der Waals surface area contributed by atoms with Crippen LogP contribution < -0.4 is 5.73 Å². The molecular weight excluding hydrogens is 238 g/mol. The second-order valence-electron chi connectivity index (χ2n) is 5.48. The lowest BCUT2D eigenvalue weighted by atomic mass is 9.87. The fourth-order valence-corrected chi connectivity index (χ4v) is 2.99. The molecule has 0 spiro atoms. The van der Waals surface area contributed by atoms with E-state index < -0.39 is 5.79 Å². The maximum absolute atomic E-state index is 6.02. The number of rotatable bonds is 4. The van der Waals surface area contributed by atoms with Gasteiger partial charge in [0.05, 0.1) is 13.2 Å². The first-order valence-corrected chi connectivity index (χ1v) is 7.07. The Hall–Kier alpha value is -0.900. The van der Waals surface area contributed by atoms with Crippen molar-refractivity contribution in [1.29, 1.82) is 0 Å². The van der Waals surface area contributed by atoms with E-state index in [9.17, 15) is 0 Å². The molecule has 0 atom stereocenters. The summed E-state index contributed by atoms with van der Waals surface area (Å²) in [6.45, 7) is 10.6. The van der Waals surface area contributed by atoms with E-state index in [1.807, 2.05) is 0 Å². The number of hydrogen-bond acceptors (Lipinski definition) is 3. The summed E-state index contributed by atoms with van der Waals surface area (Å²) in [7, 11) is 0. The Labute approximate surface area is 116 Å². The third-order valence-corrected chi connectivity index (χ3v) is 4.21. The molecule has 2 rings (SSSR count). The summed E-state index contributed by atoms with van der Waals surface area (Å²) in [5, 5.41) is 0. The highest BCUT2D eigenvalue weighted by Gasteiger charge is 2.40. The average molecular weight is 263 g/mol. The van der Waals surface area contributed by atoms with Gasteiger partial charge in [0, 0.05) is 12.0 Å². The molecule has 0 bridgehead atoms. The minimum absolute atomic E-state index is 0.579. The quantitative estimate of drug-likeness (QED) is 0.908. The largest absolute Gasteiger partial charge is 0.343 e. The van der Waals surface area contributed by atoms with Crippen molar-refractivity contribution in [3.63, 3.8) is 0 Å². The van der Waals surface area contributed by atoms with Gasteiger partial charge in [-0.1, -0.05) is 6.07 Å². The Bertz CT molecular complexity index is 436. The number of nitrogens with two attached hydrogens (primary N) is 1. The van der Waals surface area contributed by atoms with E-state index in [1.165, 1.54) is 27.8 Å². The van der Waals surface area contributed by atoms with Crippen LogP contribution in [-0.2, 0) is 15.3 Å². The Morgan fingerprint density at radius 1 is 1.05 bits per heavy atom. The van der Waals surface area contributed by atoms with E-state index in [0.717, 1.165) is 12.8 Å². The van der Waals surface area contributed by atoms with Crippen LogP contribution >= 0.6 is 0 Å². The zero-order chi connectivity index (χ0) is 14.0. The molecule has 1 aromatic rings. The van der Waals surface area contributed by atoms with Crippen LogP contribution in [0.1, 0.15) is 40.7 Å². The molecule has 2 N–H and O–H groups in total. The molecular formula is C16H25NO2. The van der Waals surface area contributed by atoms with Crippen molar-refractivity contribution in [3.8, 4) is 0 Å². The summed E-state index contributed by atoms with van der Waals surface area (Å²) in [4.78, 5) is 0. The van der Waals surface area contributed by atoms with Crippen LogP contribution in [0.2, 0.25) is 0 Å². The van der Waals surface area contributed by atoms with Crippen LogP contribution in [0, 0.1) is 27.7 Å². The lowest BCUT2D eigenvalue weighted by Crippen LogP contribution is -2.30. The molecule has 106 valence electrons.